The van der Waals surface area contributed by atoms with E-state index in [0.29, 0.717) is 12.1 Å². The fourth-order valence-electron chi connectivity index (χ4n) is 3.57. The van der Waals surface area contributed by atoms with Gasteiger partial charge in [-0.05, 0) is 25.8 Å². The topological polar surface area (TPSA) is 30.3 Å². The average Bonchev–Trinajstić information content (AvgIpc) is 2.92. The van der Waals surface area contributed by atoms with Crippen LogP contribution in [0.4, 0.5) is 0 Å². The van der Waals surface area contributed by atoms with Crippen molar-refractivity contribution in [3.63, 3.8) is 0 Å². The minimum absolute atomic E-state index is 0.499. The SMILES string of the molecule is CCn1nccc1CCN1CCO[C@H]2CCCC[C@H]21. The Balaban J connectivity index is 1.59. The zero-order chi connectivity index (χ0) is 13.1. The second kappa shape index (κ2) is 6.06. The van der Waals surface area contributed by atoms with Gasteiger partial charge in [-0.3, -0.25) is 9.58 Å². The summed E-state index contributed by atoms with van der Waals surface area (Å²) in [5.41, 5.74) is 1.36. The van der Waals surface area contributed by atoms with E-state index in [9.17, 15) is 0 Å². The highest BCUT2D eigenvalue weighted by Gasteiger charge is 2.33. The first-order valence-electron chi connectivity index (χ1n) is 7.75. The van der Waals surface area contributed by atoms with Crippen LogP contribution in [-0.2, 0) is 17.7 Å². The average molecular weight is 263 g/mol. The highest BCUT2D eigenvalue weighted by atomic mass is 16.5. The van der Waals surface area contributed by atoms with E-state index in [4.69, 9.17) is 4.74 Å². The van der Waals surface area contributed by atoms with Crippen LogP contribution in [0.1, 0.15) is 38.3 Å². The predicted octanol–water partition coefficient (Wildman–Crippen LogP) is 2.09. The highest BCUT2D eigenvalue weighted by molar-refractivity contribution is 5.01. The molecule has 1 saturated carbocycles. The minimum Gasteiger partial charge on any atom is -0.375 e. The molecule has 3 rings (SSSR count). The Morgan fingerprint density at radius 2 is 2.26 bits per heavy atom. The van der Waals surface area contributed by atoms with Crippen LogP contribution in [0, 0.1) is 0 Å². The molecule has 1 aromatic rings. The van der Waals surface area contributed by atoms with Gasteiger partial charge in [0.1, 0.15) is 0 Å². The molecular formula is C15H25N3O. The number of morpholine rings is 1. The smallest absolute Gasteiger partial charge is 0.0730 e. The van der Waals surface area contributed by atoms with Crippen LogP contribution in [0.5, 0.6) is 0 Å². The maximum atomic E-state index is 5.93. The Bertz CT molecular complexity index is 402. The first kappa shape index (κ1) is 13.1. The van der Waals surface area contributed by atoms with Crippen molar-refractivity contribution in [2.45, 2.75) is 57.7 Å². The number of hydrogen-bond donors (Lipinski definition) is 0. The van der Waals surface area contributed by atoms with Gasteiger partial charge < -0.3 is 4.74 Å². The summed E-state index contributed by atoms with van der Waals surface area (Å²) in [7, 11) is 0. The maximum absolute atomic E-state index is 5.93. The molecule has 2 heterocycles. The molecule has 19 heavy (non-hydrogen) atoms. The lowest BCUT2D eigenvalue weighted by molar-refractivity contribution is -0.0876. The van der Waals surface area contributed by atoms with Gasteiger partial charge in [-0.25, -0.2) is 0 Å². The van der Waals surface area contributed by atoms with Crippen LogP contribution in [0.2, 0.25) is 0 Å². The van der Waals surface area contributed by atoms with Gasteiger partial charge in [0.2, 0.25) is 0 Å². The molecule has 2 aliphatic rings. The molecule has 106 valence electrons. The second-order valence-electron chi connectivity index (χ2n) is 5.69. The van der Waals surface area contributed by atoms with E-state index >= 15 is 0 Å². The van der Waals surface area contributed by atoms with Crippen LogP contribution >= 0.6 is 0 Å². The fourth-order valence-corrected chi connectivity index (χ4v) is 3.57. The summed E-state index contributed by atoms with van der Waals surface area (Å²) in [6, 6.07) is 2.82. The fraction of sp³-hybridized carbons (Fsp3) is 0.800. The molecule has 1 saturated heterocycles. The summed E-state index contributed by atoms with van der Waals surface area (Å²) in [4.78, 5) is 2.65. The number of aromatic nitrogens is 2. The van der Waals surface area contributed by atoms with Gasteiger partial charge in [0, 0.05) is 44.0 Å². The summed E-state index contributed by atoms with van der Waals surface area (Å²) < 4.78 is 8.04. The summed E-state index contributed by atoms with van der Waals surface area (Å²) in [5.74, 6) is 0. The van der Waals surface area contributed by atoms with Crippen LogP contribution in [0.3, 0.4) is 0 Å². The van der Waals surface area contributed by atoms with Crippen LogP contribution in [0.25, 0.3) is 0 Å². The van der Waals surface area contributed by atoms with Crippen molar-refractivity contribution in [2.24, 2.45) is 0 Å². The van der Waals surface area contributed by atoms with E-state index in [1.165, 1.54) is 31.4 Å². The molecule has 1 aromatic heterocycles. The lowest BCUT2D eigenvalue weighted by Gasteiger charge is -2.43. The van der Waals surface area contributed by atoms with Crippen molar-refractivity contribution in [3.8, 4) is 0 Å². The molecule has 4 heteroatoms. The Morgan fingerprint density at radius 1 is 1.37 bits per heavy atom. The number of aryl methyl sites for hydroxylation is 1. The third-order valence-corrected chi connectivity index (χ3v) is 4.61. The summed E-state index contributed by atoms with van der Waals surface area (Å²) in [6.07, 6.45) is 8.81. The Hall–Kier alpha value is -0.870. The maximum Gasteiger partial charge on any atom is 0.0730 e. The van der Waals surface area contributed by atoms with Crippen LogP contribution in [0.15, 0.2) is 12.3 Å². The van der Waals surface area contributed by atoms with Crippen molar-refractivity contribution in [2.75, 3.05) is 19.7 Å². The number of ether oxygens (including phenoxy) is 1. The van der Waals surface area contributed by atoms with E-state index < -0.39 is 0 Å². The molecule has 0 unspecified atom stereocenters. The molecule has 2 atom stereocenters. The molecule has 0 radical (unpaired) electrons. The van der Waals surface area contributed by atoms with Crippen molar-refractivity contribution in [1.82, 2.24) is 14.7 Å². The van der Waals surface area contributed by atoms with Crippen LogP contribution < -0.4 is 0 Å². The third-order valence-electron chi connectivity index (χ3n) is 4.61. The van der Waals surface area contributed by atoms with Gasteiger partial charge in [-0.15, -0.1) is 0 Å². The first-order valence-corrected chi connectivity index (χ1v) is 7.75. The molecule has 1 aliphatic carbocycles. The number of nitrogens with zero attached hydrogens (tertiary/aromatic N) is 3. The van der Waals surface area contributed by atoms with Gasteiger partial charge in [0.15, 0.2) is 0 Å². The number of hydrogen-bond acceptors (Lipinski definition) is 3. The molecule has 0 bridgehead atoms. The standard InChI is InChI=1S/C15H25N3O/c1-2-18-13(7-9-16-18)8-10-17-11-12-19-15-6-4-3-5-14(15)17/h7,9,14-15H,2-6,8,10-12H2,1H3/t14-,15+/m1/s1. The Kier molecular flexibility index (Phi) is 4.18. The first-order chi connectivity index (χ1) is 9.38. The molecule has 4 nitrogen and oxygen atoms in total. The zero-order valence-electron chi connectivity index (χ0n) is 11.9. The zero-order valence-corrected chi connectivity index (χ0v) is 11.9. The molecular weight excluding hydrogens is 238 g/mol. The predicted molar refractivity (Wildman–Crippen MR) is 75.2 cm³/mol. The molecule has 2 fully saturated rings. The Morgan fingerprint density at radius 3 is 3.16 bits per heavy atom. The summed E-state index contributed by atoms with van der Waals surface area (Å²) >= 11 is 0. The van der Waals surface area contributed by atoms with Gasteiger partial charge in [-0.1, -0.05) is 12.8 Å². The molecule has 0 spiro atoms. The van der Waals surface area contributed by atoms with E-state index in [0.717, 1.165) is 32.7 Å². The van der Waals surface area contributed by atoms with Crippen LogP contribution in [-0.4, -0.2) is 46.5 Å². The summed E-state index contributed by atoms with van der Waals surface area (Å²) in [6.45, 7) is 6.28. The lowest BCUT2D eigenvalue weighted by atomic mass is 9.90. The minimum atomic E-state index is 0.499. The van der Waals surface area contributed by atoms with Crippen molar-refractivity contribution < 1.29 is 4.74 Å². The number of fused-ring (bicyclic) bond motifs is 1. The van der Waals surface area contributed by atoms with Gasteiger partial charge >= 0.3 is 0 Å². The monoisotopic (exact) mass is 263 g/mol. The second-order valence-corrected chi connectivity index (χ2v) is 5.69. The van der Waals surface area contributed by atoms with Gasteiger partial charge in [0.25, 0.3) is 0 Å². The highest BCUT2D eigenvalue weighted by Crippen LogP contribution is 2.28. The molecule has 0 aromatic carbocycles. The van der Waals surface area contributed by atoms with Crippen molar-refractivity contribution in [3.05, 3.63) is 18.0 Å². The quantitative estimate of drug-likeness (QED) is 0.833. The normalized spacial score (nSPS) is 28.3. The Labute approximate surface area is 115 Å². The summed E-state index contributed by atoms with van der Waals surface area (Å²) in [5, 5.41) is 4.35. The van der Waals surface area contributed by atoms with Gasteiger partial charge in [-0.2, -0.15) is 5.10 Å². The molecule has 0 N–H and O–H groups in total. The third kappa shape index (κ3) is 2.84. The van der Waals surface area contributed by atoms with E-state index in [-0.39, 0.29) is 0 Å². The molecule has 1 aliphatic heterocycles. The van der Waals surface area contributed by atoms with E-state index in [1.807, 2.05) is 6.20 Å². The van der Waals surface area contributed by atoms with E-state index in [1.54, 1.807) is 0 Å². The number of rotatable bonds is 4. The van der Waals surface area contributed by atoms with Gasteiger partial charge in [0.05, 0.1) is 12.7 Å². The van der Waals surface area contributed by atoms with E-state index in [2.05, 4.69) is 27.7 Å². The molecule has 0 amide bonds. The lowest BCUT2D eigenvalue weighted by Crippen LogP contribution is -2.53. The van der Waals surface area contributed by atoms with Crippen molar-refractivity contribution in [1.29, 1.82) is 0 Å². The van der Waals surface area contributed by atoms with Crippen molar-refractivity contribution >= 4 is 0 Å². The largest absolute Gasteiger partial charge is 0.375 e.